The highest BCUT2D eigenvalue weighted by molar-refractivity contribution is 5.97. The molecule has 1 aliphatic rings. The molecule has 0 radical (unpaired) electrons. The number of carbonyl (C=O) groups is 2. The minimum absolute atomic E-state index is 0.0551. The summed E-state index contributed by atoms with van der Waals surface area (Å²) in [6.07, 6.45) is 4.57. The average molecular weight is 512 g/mol. The van der Waals surface area contributed by atoms with Crippen molar-refractivity contribution in [3.63, 3.8) is 0 Å². The standard InChI is InChI=1S/C31H33N3O4/c1-37-26-13-7-22(8-14-26)20-33(18-17-24-19-32-29-6-4-3-5-28(24)29)30(35)21-34(25-11-12-25)31(36)23-9-15-27(38-2)16-10-23/h3-10,13-16,19,25,32H,11-12,17-18,20-21H2,1-2H3. The molecule has 1 heterocycles. The number of aromatic nitrogens is 1. The number of hydrogen-bond acceptors (Lipinski definition) is 4. The number of aromatic amines is 1. The number of ether oxygens (including phenoxy) is 2. The molecule has 4 aromatic rings. The molecule has 1 N–H and O–H groups in total. The van der Waals surface area contributed by atoms with Crippen LogP contribution in [0.4, 0.5) is 0 Å². The molecule has 0 spiro atoms. The van der Waals surface area contributed by atoms with Crippen LogP contribution in [0, 0.1) is 0 Å². The predicted molar refractivity (Wildman–Crippen MR) is 147 cm³/mol. The van der Waals surface area contributed by atoms with Gasteiger partial charge in [0.1, 0.15) is 18.0 Å². The van der Waals surface area contributed by atoms with Crippen molar-refractivity contribution >= 4 is 22.7 Å². The minimum atomic E-state index is -0.121. The van der Waals surface area contributed by atoms with Gasteiger partial charge in [0.2, 0.25) is 5.91 Å². The van der Waals surface area contributed by atoms with Crippen molar-refractivity contribution in [1.82, 2.24) is 14.8 Å². The Morgan fingerprint density at radius 1 is 0.895 bits per heavy atom. The highest BCUT2D eigenvalue weighted by atomic mass is 16.5. The smallest absolute Gasteiger partial charge is 0.254 e. The van der Waals surface area contributed by atoms with Crippen LogP contribution in [0.15, 0.2) is 79.0 Å². The average Bonchev–Trinajstić information content (AvgIpc) is 3.73. The first-order valence-corrected chi connectivity index (χ1v) is 13.0. The number of nitrogens with zero attached hydrogens (tertiary/aromatic N) is 2. The van der Waals surface area contributed by atoms with E-state index in [1.807, 2.05) is 47.5 Å². The maximum atomic E-state index is 13.8. The summed E-state index contributed by atoms with van der Waals surface area (Å²) in [5.74, 6) is 1.29. The molecule has 196 valence electrons. The first-order valence-electron chi connectivity index (χ1n) is 13.0. The van der Waals surface area contributed by atoms with Gasteiger partial charge in [-0.2, -0.15) is 0 Å². The second-order valence-corrected chi connectivity index (χ2v) is 9.67. The largest absolute Gasteiger partial charge is 0.497 e. The summed E-state index contributed by atoms with van der Waals surface area (Å²) in [6, 6.07) is 23.1. The maximum absolute atomic E-state index is 13.8. The lowest BCUT2D eigenvalue weighted by Gasteiger charge is -2.28. The predicted octanol–water partition coefficient (Wildman–Crippen LogP) is 5.06. The van der Waals surface area contributed by atoms with Crippen LogP contribution in [0.25, 0.3) is 10.9 Å². The zero-order valence-electron chi connectivity index (χ0n) is 21.9. The topological polar surface area (TPSA) is 74.9 Å². The number of H-pyrrole nitrogens is 1. The first-order chi connectivity index (χ1) is 18.6. The molecule has 7 heteroatoms. The quantitative estimate of drug-likeness (QED) is 0.305. The second-order valence-electron chi connectivity index (χ2n) is 9.67. The van der Waals surface area contributed by atoms with Gasteiger partial charge in [0.25, 0.3) is 5.91 Å². The van der Waals surface area contributed by atoms with Crippen molar-refractivity contribution in [2.45, 2.75) is 31.8 Å². The summed E-state index contributed by atoms with van der Waals surface area (Å²) in [6.45, 7) is 1.06. The number of rotatable bonds is 11. The molecule has 7 nitrogen and oxygen atoms in total. The van der Waals surface area contributed by atoms with Gasteiger partial charge < -0.3 is 24.3 Å². The zero-order chi connectivity index (χ0) is 26.5. The van der Waals surface area contributed by atoms with Gasteiger partial charge >= 0.3 is 0 Å². The van der Waals surface area contributed by atoms with E-state index in [1.54, 1.807) is 43.4 Å². The third-order valence-corrected chi connectivity index (χ3v) is 7.10. The molecule has 3 aromatic carbocycles. The first kappa shape index (κ1) is 25.4. The number of hydrogen-bond donors (Lipinski definition) is 1. The minimum Gasteiger partial charge on any atom is -0.497 e. The molecule has 38 heavy (non-hydrogen) atoms. The fraction of sp³-hybridized carbons (Fsp3) is 0.290. The van der Waals surface area contributed by atoms with Crippen molar-refractivity contribution < 1.29 is 19.1 Å². The second kappa shape index (κ2) is 11.4. The van der Waals surface area contributed by atoms with Crippen molar-refractivity contribution in [3.8, 4) is 11.5 Å². The molecule has 1 saturated carbocycles. The molecule has 1 fully saturated rings. The van der Waals surface area contributed by atoms with Gasteiger partial charge in [0.05, 0.1) is 14.2 Å². The van der Waals surface area contributed by atoms with Gasteiger partial charge in [-0.05, 0) is 72.9 Å². The van der Waals surface area contributed by atoms with Gasteiger partial charge in [-0.3, -0.25) is 9.59 Å². The van der Waals surface area contributed by atoms with Crippen LogP contribution in [-0.2, 0) is 17.8 Å². The molecule has 0 bridgehead atoms. The lowest BCUT2D eigenvalue weighted by molar-refractivity contribution is -0.132. The summed E-state index contributed by atoms with van der Waals surface area (Å²) in [4.78, 5) is 34.1. The van der Waals surface area contributed by atoms with Crippen molar-refractivity contribution in [1.29, 1.82) is 0 Å². The highest BCUT2D eigenvalue weighted by Crippen LogP contribution is 2.29. The Morgan fingerprint density at radius 2 is 1.55 bits per heavy atom. The third kappa shape index (κ3) is 5.83. The number of benzene rings is 3. The zero-order valence-corrected chi connectivity index (χ0v) is 21.9. The van der Waals surface area contributed by atoms with Gasteiger partial charge in [0.15, 0.2) is 0 Å². The molecule has 5 rings (SSSR count). The molecule has 1 aliphatic carbocycles. The molecule has 0 unspecified atom stereocenters. The fourth-order valence-corrected chi connectivity index (χ4v) is 4.74. The Balaban J connectivity index is 1.34. The van der Waals surface area contributed by atoms with E-state index in [9.17, 15) is 9.59 Å². The summed E-state index contributed by atoms with van der Waals surface area (Å²) in [5, 5.41) is 1.17. The maximum Gasteiger partial charge on any atom is 0.254 e. The number of carbonyl (C=O) groups excluding carboxylic acids is 2. The molecule has 0 aliphatic heterocycles. The van der Waals surface area contributed by atoms with E-state index in [-0.39, 0.29) is 24.4 Å². The van der Waals surface area contributed by atoms with Crippen LogP contribution in [-0.4, -0.2) is 59.9 Å². The summed E-state index contributed by atoms with van der Waals surface area (Å²) in [7, 11) is 3.23. The lowest BCUT2D eigenvalue weighted by atomic mass is 10.1. The Hall–Kier alpha value is -4.26. The van der Waals surface area contributed by atoms with E-state index in [1.165, 1.54) is 10.9 Å². The lowest BCUT2D eigenvalue weighted by Crippen LogP contribution is -2.44. The van der Waals surface area contributed by atoms with Gasteiger partial charge in [-0.25, -0.2) is 0 Å². The molecular formula is C31H33N3O4. The van der Waals surface area contributed by atoms with E-state index in [0.29, 0.717) is 30.8 Å². The van der Waals surface area contributed by atoms with Crippen molar-refractivity contribution in [2.75, 3.05) is 27.3 Å². The Morgan fingerprint density at radius 3 is 2.21 bits per heavy atom. The Kier molecular flexibility index (Phi) is 7.63. The molecule has 2 amide bonds. The van der Waals surface area contributed by atoms with Crippen LogP contribution < -0.4 is 9.47 Å². The molecular weight excluding hydrogens is 478 g/mol. The monoisotopic (exact) mass is 511 g/mol. The van der Waals surface area contributed by atoms with Crippen LogP contribution in [0.1, 0.15) is 34.3 Å². The van der Waals surface area contributed by atoms with Crippen LogP contribution in [0.3, 0.4) is 0 Å². The van der Waals surface area contributed by atoms with E-state index < -0.39 is 0 Å². The Bertz CT molecular complexity index is 1390. The van der Waals surface area contributed by atoms with Crippen molar-refractivity contribution in [3.05, 3.63) is 95.7 Å². The summed E-state index contributed by atoms with van der Waals surface area (Å²) >= 11 is 0. The molecule has 0 saturated heterocycles. The van der Waals surface area contributed by atoms with Crippen molar-refractivity contribution in [2.24, 2.45) is 0 Å². The number of nitrogens with one attached hydrogen (secondary N) is 1. The molecule has 1 aromatic heterocycles. The van der Waals surface area contributed by atoms with Gasteiger partial charge in [-0.15, -0.1) is 0 Å². The SMILES string of the molecule is COc1ccc(CN(CCc2c[nH]c3ccccc23)C(=O)CN(C(=O)c2ccc(OC)cc2)C2CC2)cc1. The molecule has 0 atom stereocenters. The van der Waals surface area contributed by atoms with Crippen LogP contribution in [0.5, 0.6) is 11.5 Å². The highest BCUT2D eigenvalue weighted by Gasteiger charge is 2.35. The fourth-order valence-electron chi connectivity index (χ4n) is 4.74. The van der Waals surface area contributed by atoms with Gasteiger partial charge in [-0.1, -0.05) is 30.3 Å². The van der Waals surface area contributed by atoms with Crippen LogP contribution >= 0.6 is 0 Å². The summed E-state index contributed by atoms with van der Waals surface area (Å²) < 4.78 is 10.5. The van der Waals surface area contributed by atoms with E-state index in [2.05, 4.69) is 17.1 Å². The van der Waals surface area contributed by atoms with Gasteiger partial charge in [0, 0.05) is 41.8 Å². The number of para-hydroxylation sites is 1. The summed E-state index contributed by atoms with van der Waals surface area (Å²) in [5.41, 5.74) is 3.82. The number of amides is 2. The normalized spacial score (nSPS) is 12.8. The number of methoxy groups -OCH3 is 2. The van der Waals surface area contributed by atoms with E-state index >= 15 is 0 Å². The van der Waals surface area contributed by atoms with Crippen LogP contribution in [0.2, 0.25) is 0 Å². The third-order valence-electron chi connectivity index (χ3n) is 7.10. The Labute approximate surface area is 223 Å². The van der Waals surface area contributed by atoms with E-state index in [4.69, 9.17) is 9.47 Å². The van der Waals surface area contributed by atoms with E-state index in [0.717, 1.165) is 29.7 Å². The number of fused-ring (bicyclic) bond motifs is 1.